The molecule has 366 valence electrons. The maximum absolute atomic E-state index is 14.4. The van der Waals surface area contributed by atoms with Gasteiger partial charge in [0.2, 0.25) is 17.7 Å². The van der Waals surface area contributed by atoms with Crippen LogP contribution in [0.4, 0.5) is 0 Å². The predicted molar refractivity (Wildman–Crippen MR) is 275 cm³/mol. The van der Waals surface area contributed by atoms with Crippen LogP contribution >= 0.6 is 34.3 Å². The standard InChI is InChI=1S/C53H55ClN10O5S2/c1-28(2)48(52(68)62-26-40(65)21-44(62)51(67)55-23-33-10-12-35(13-11-33)49-30(4)56-27-70-49)63-25-37(24-57-63)36-8-7-9-41(18-36)69-42-19-39(20-42)58-45(66)22-43-50-61-60-32(6)64(50)53-46(29(3)31(5)71-53)47(59-43)34-14-16-38(54)17-15-34/h7-18,24-25,27-28,39-40,42-44,48,65H,19-23,26H2,1-6H3,(H,55,67)(H,58,66)/t39-,40-,42-,43+,44+,48?/m1/s1. The molecule has 3 aromatic carbocycles. The van der Waals surface area contributed by atoms with Crippen LogP contribution in [-0.4, -0.2) is 93.8 Å². The predicted octanol–water partition coefficient (Wildman–Crippen LogP) is 8.69. The number of aliphatic hydroxyl groups excluding tert-OH is 1. The lowest BCUT2D eigenvalue weighted by molar-refractivity contribution is -0.142. The lowest BCUT2D eigenvalue weighted by Crippen LogP contribution is -2.49. The van der Waals surface area contributed by atoms with Crippen molar-refractivity contribution in [2.45, 2.75) is 110 Å². The number of thiophene rings is 1. The van der Waals surface area contributed by atoms with Crippen LogP contribution in [0.15, 0.2) is 95.7 Å². The average molecular weight is 1010 g/mol. The van der Waals surface area contributed by atoms with Crippen LogP contribution in [0.5, 0.6) is 5.75 Å². The Bertz CT molecular complexity index is 3150. The topological polar surface area (TPSA) is 182 Å². The normalized spacial score (nSPS) is 19.9. The second-order valence-corrected chi connectivity index (χ2v) is 21.6. The summed E-state index contributed by atoms with van der Waals surface area (Å²) >= 11 is 9.55. The van der Waals surface area contributed by atoms with Crippen LogP contribution in [-0.2, 0) is 20.9 Å². The Labute approximate surface area is 425 Å². The fraction of sp³-hybridized carbons (Fsp3) is 0.358. The first-order valence-corrected chi connectivity index (χ1v) is 26.0. The minimum Gasteiger partial charge on any atom is -0.490 e. The van der Waals surface area contributed by atoms with Gasteiger partial charge in [-0.3, -0.25) is 28.6 Å². The number of thiazole rings is 1. The highest BCUT2D eigenvalue weighted by molar-refractivity contribution is 7.15. The number of β-amino-alcohol motifs (C(OH)–C–C–N with tert-alkyl or cyclic N) is 1. The maximum Gasteiger partial charge on any atom is 0.248 e. The van der Waals surface area contributed by atoms with Crippen LogP contribution < -0.4 is 15.4 Å². The molecule has 1 saturated heterocycles. The number of halogens is 1. The molecule has 3 amide bonds. The number of carbonyl (C=O) groups excluding carboxylic acids is 3. The molecule has 0 bridgehead atoms. The molecule has 1 saturated carbocycles. The molecule has 3 N–H and O–H groups in total. The second-order valence-electron chi connectivity index (χ2n) is 19.1. The third kappa shape index (κ3) is 9.80. The van der Waals surface area contributed by atoms with Gasteiger partial charge >= 0.3 is 0 Å². The molecule has 4 aromatic heterocycles. The van der Waals surface area contributed by atoms with Crippen molar-refractivity contribution in [3.05, 3.63) is 140 Å². The number of aliphatic hydroxyl groups is 1. The van der Waals surface area contributed by atoms with E-state index in [4.69, 9.17) is 21.3 Å². The first kappa shape index (κ1) is 48.1. The maximum atomic E-state index is 14.4. The number of hydrogen-bond acceptors (Lipinski definition) is 12. The van der Waals surface area contributed by atoms with E-state index in [1.54, 1.807) is 33.6 Å². The number of benzene rings is 3. The highest BCUT2D eigenvalue weighted by Gasteiger charge is 2.43. The number of nitrogens with one attached hydrogen (secondary N) is 2. The van der Waals surface area contributed by atoms with Gasteiger partial charge in [-0.05, 0) is 80.1 Å². The van der Waals surface area contributed by atoms with E-state index in [0.717, 1.165) is 66.1 Å². The minimum atomic E-state index is -0.823. The quantitative estimate of drug-likeness (QED) is 0.0960. The highest BCUT2D eigenvalue weighted by Crippen LogP contribution is 2.40. The van der Waals surface area contributed by atoms with Crippen LogP contribution in [0.1, 0.15) is 96.1 Å². The van der Waals surface area contributed by atoms with E-state index in [-0.39, 0.29) is 55.2 Å². The lowest BCUT2D eigenvalue weighted by Gasteiger charge is -2.36. The van der Waals surface area contributed by atoms with Gasteiger partial charge in [-0.1, -0.05) is 74.0 Å². The SMILES string of the molecule is Cc1ncsc1-c1ccc(CNC(=O)[C@@H]2C[C@@H](O)CN2C(=O)C(C(C)C)n2cc(-c3cccc(O[C@H]4C[C@H](NC(=O)C[C@@H]5N=C(c6ccc(Cl)cc6)c6c(sc(C)c6C)-n6c(C)nnc65)C4)c3)cn2)cc1. The van der Waals surface area contributed by atoms with Crippen molar-refractivity contribution in [1.82, 2.24) is 45.1 Å². The van der Waals surface area contributed by atoms with Crippen LogP contribution in [0.2, 0.25) is 5.02 Å². The Morgan fingerprint density at radius 2 is 1.69 bits per heavy atom. The Morgan fingerprint density at radius 1 is 0.930 bits per heavy atom. The van der Waals surface area contributed by atoms with E-state index in [1.165, 1.54) is 9.78 Å². The summed E-state index contributed by atoms with van der Waals surface area (Å²) in [6.45, 7) is 12.4. The van der Waals surface area contributed by atoms with Crippen LogP contribution in [0, 0.1) is 33.6 Å². The first-order valence-electron chi connectivity index (χ1n) is 23.9. The number of amides is 3. The number of rotatable bonds is 14. The monoisotopic (exact) mass is 1010 g/mol. The molecular weight excluding hydrogens is 956 g/mol. The average Bonchev–Trinajstić information content (AvgIpc) is 4.19. The molecule has 4 atom stereocenters. The Kier molecular flexibility index (Phi) is 13.5. The van der Waals surface area contributed by atoms with Crippen LogP contribution in [0.3, 0.4) is 0 Å². The molecule has 1 aliphatic carbocycles. The minimum absolute atomic E-state index is 0.0585. The number of nitrogens with zero attached hydrogens (tertiary/aromatic N) is 8. The molecule has 71 heavy (non-hydrogen) atoms. The van der Waals surface area contributed by atoms with E-state index in [9.17, 15) is 19.5 Å². The van der Waals surface area contributed by atoms with Gasteiger partial charge in [-0.25, -0.2) is 4.98 Å². The summed E-state index contributed by atoms with van der Waals surface area (Å²) in [6, 6.07) is 21.2. The highest BCUT2D eigenvalue weighted by atomic mass is 35.5. The molecule has 2 aliphatic heterocycles. The summed E-state index contributed by atoms with van der Waals surface area (Å²) in [5.74, 6) is 1.17. The van der Waals surface area contributed by atoms with Crippen molar-refractivity contribution in [1.29, 1.82) is 0 Å². The third-order valence-electron chi connectivity index (χ3n) is 13.7. The summed E-state index contributed by atoms with van der Waals surface area (Å²) in [7, 11) is 0. The summed E-state index contributed by atoms with van der Waals surface area (Å²) in [6.07, 6.45) is 4.20. The van der Waals surface area contributed by atoms with Crippen molar-refractivity contribution < 1.29 is 24.2 Å². The van der Waals surface area contributed by atoms with E-state index < -0.39 is 24.2 Å². The summed E-state index contributed by atoms with van der Waals surface area (Å²) < 4.78 is 10.1. The van der Waals surface area contributed by atoms with Gasteiger partial charge in [0.05, 0.1) is 40.5 Å². The van der Waals surface area contributed by atoms with Crippen molar-refractivity contribution in [2.24, 2.45) is 10.9 Å². The number of carbonyl (C=O) groups is 3. The first-order chi connectivity index (χ1) is 34.2. The van der Waals surface area contributed by atoms with Gasteiger partial charge in [0.25, 0.3) is 0 Å². The van der Waals surface area contributed by atoms with Gasteiger partial charge in [-0.2, -0.15) is 5.10 Å². The van der Waals surface area contributed by atoms with Gasteiger partial charge in [0.1, 0.15) is 40.8 Å². The molecule has 18 heteroatoms. The Morgan fingerprint density at radius 3 is 2.42 bits per heavy atom. The number of ether oxygens (including phenoxy) is 1. The molecule has 3 aliphatic rings. The molecular formula is C53H55ClN10O5S2. The fourth-order valence-corrected chi connectivity index (χ4v) is 11.9. The van der Waals surface area contributed by atoms with Crippen molar-refractivity contribution in [3.8, 4) is 32.3 Å². The summed E-state index contributed by atoms with van der Waals surface area (Å²) in [4.78, 5) is 55.1. The molecule has 0 spiro atoms. The molecule has 0 radical (unpaired) electrons. The summed E-state index contributed by atoms with van der Waals surface area (Å²) in [5, 5.41) is 32.2. The number of fused-ring (bicyclic) bond motifs is 3. The third-order valence-corrected chi connectivity index (χ3v) is 16.2. The van der Waals surface area contributed by atoms with E-state index >= 15 is 0 Å². The zero-order valence-electron chi connectivity index (χ0n) is 40.3. The van der Waals surface area contributed by atoms with Gasteiger partial charge in [0.15, 0.2) is 5.82 Å². The second kappa shape index (κ2) is 19.9. The molecule has 2 fully saturated rings. The number of likely N-dealkylation sites (tertiary alicyclic amines) is 1. The molecule has 1 unspecified atom stereocenters. The Hall–Kier alpha value is -6.53. The zero-order valence-corrected chi connectivity index (χ0v) is 42.7. The van der Waals surface area contributed by atoms with Crippen molar-refractivity contribution >= 4 is 57.7 Å². The number of hydrogen-bond donors (Lipinski definition) is 3. The van der Waals surface area contributed by atoms with Gasteiger partial charge in [0, 0.05) is 71.2 Å². The lowest BCUT2D eigenvalue weighted by atomic mass is 9.89. The van der Waals surface area contributed by atoms with Gasteiger partial charge < -0.3 is 25.4 Å². The number of aliphatic imine (C=N–C) groups is 1. The Balaban J connectivity index is 0.757. The number of aryl methyl sites for hydroxylation is 3. The van der Waals surface area contributed by atoms with Gasteiger partial charge in [-0.15, -0.1) is 32.9 Å². The largest absolute Gasteiger partial charge is 0.490 e. The molecule has 6 heterocycles. The summed E-state index contributed by atoms with van der Waals surface area (Å²) in [5.41, 5.74) is 10.3. The van der Waals surface area contributed by atoms with Crippen LogP contribution in [0.25, 0.3) is 26.6 Å². The molecule has 10 rings (SSSR count). The van der Waals surface area contributed by atoms with Crippen molar-refractivity contribution in [3.63, 3.8) is 0 Å². The molecule has 15 nitrogen and oxygen atoms in total. The van der Waals surface area contributed by atoms with E-state index in [2.05, 4.69) is 44.8 Å². The zero-order chi connectivity index (χ0) is 49.7. The van der Waals surface area contributed by atoms with E-state index in [1.807, 2.05) is 117 Å². The van der Waals surface area contributed by atoms with Crippen molar-refractivity contribution in [2.75, 3.05) is 6.54 Å². The number of aromatic nitrogens is 6. The fourth-order valence-electron chi connectivity index (χ4n) is 9.79. The van der Waals surface area contributed by atoms with E-state index in [0.29, 0.717) is 36.0 Å². The molecule has 7 aromatic rings. The smallest absolute Gasteiger partial charge is 0.248 e.